The van der Waals surface area contributed by atoms with Gasteiger partial charge in [-0.1, -0.05) is 18.2 Å². The van der Waals surface area contributed by atoms with E-state index in [9.17, 15) is 4.79 Å². The summed E-state index contributed by atoms with van der Waals surface area (Å²) in [6.07, 6.45) is 8.51. The molecular formula is C8H8O2. The fourth-order valence-corrected chi connectivity index (χ4v) is 1.29. The monoisotopic (exact) mass is 136 g/mol. The minimum absolute atomic E-state index is 0.0139. The van der Waals surface area contributed by atoms with Crippen LogP contribution in [0.1, 0.15) is 6.42 Å². The Hall–Kier alpha value is -1.05. The van der Waals surface area contributed by atoms with Crippen molar-refractivity contribution in [3.63, 3.8) is 0 Å². The maximum absolute atomic E-state index is 10.9. The van der Waals surface area contributed by atoms with Crippen LogP contribution < -0.4 is 0 Å². The van der Waals surface area contributed by atoms with Gasteiger partial charge in [0.1, 0.15) is 6.10 Å². The first-order valence-corrected chi connectivity index (χ1v) is 3.42. The van der Waals surface area contributed by atoms with Crippen LogP contribution in [-0.2, 0) is 9.53 Å². The standard InChI is InChI=1S/C8H8O2/c9-8-6-3-1-2-4-7(5-6)10-8/h1-4,6-7H,5H2. The van der Waals surface area contributed by atoms with Gasteiger partial charge in [-0.2, -0.15) is 0 Å². The van der Waals surface area contributed by atoms with Crippen LogP contribution in [0.5, 0.6) is 0 Å². The van der Waals surface area contributed by atoms with Crippen molar-refractivity contribution in [3.8, 4) is 0 Å². The molecule has 2 heteroatoms. The molecule has 2 unspecified atom stereocenters. The molecule has 10 heavy (non-hydrogen) atoms. The van der Waals surface area contributed by atoms with Crippen LogP contribution in [0.25, 0.3) is 0 Å². The maximum atomic E-state index is 10.9. The van der Waals surface area contributed by atoms with Crippen molar-refractivity contribution in [1.29, 1.82) is 0 Å². The third kappa shape index (κ3) is 0.764. The summed E-state index contributed by atoms with van der Waals surface area (Å²) < 4.78 is 4.99. The topological polar surface area (TPSA) is 26.3 Å². The molecule has 0 aromatic heterocycles. The summed E-state index contributed by atoms with van der Waals surface area (Å²) in [7, 11) is 0. The highest BCUT2D eigenvalue weighted by Gasteiger charge is 2.31. The molecule has 0 N–H and O–H groups in total. The Morgan fingerprint density at radius 1 is 1.40 bits per heavy atom. The first-order chi connectivity index (χ1) is 4.86. The van der Waals surface area contributed by atoms with Crippen molar-refractivity contribution >= 4 is 5.97 Å². The van der Waals surface area contributed by atoms with Crippen molar-refractivity contribution in [3.05, 3.63) is 24.3 Å². The Labute approximate surface area is 59.2 Å². The molecule has 2 bridgehead atoms. The van der Waals surface area contributed by atoms with E-state index in [2.05, 4.69) is 0 Å². The van der Waals surface area contributed by atoms with Gasteiger partial charge in [0, 0.05) is 6.42 Å². The Balaban J connectivity index is 2.29. The van der Waals surface area contributed by atoms with Gasteiger partial charge in [0.2, 0.25) is 0 Å². The molecule has 0 aromatic rings. The van der Waals surface area contributed by atoms with Gasteiger partial charge in [0.25, 0.3) is 0 Å². The molecule has 0 radical (unpaired) electrons. The fourth-order valence-electron chi connectivity index (χ4n) is 1.29. The van der Waals surface area contributed by atoms with Gasteiger partial charge in [-0.3, -0.25) is 4.79 Å². The van der Waals surface area contributed by atoms with Gasteiger partial charge in [-0.05, 0) is 6.08 Å². The molecule has 2 rings (SSSR count). The summed E-state index contributed by atoms with van der Waals surface area (Å²) >= 11 is 0. The lowest BCUT2D eigenvalue weighted by molar-refractivity contribution is -0.142. The molecule has 1 saturated heterocycles. The lowest BCUT2D eigenvalue weighted by Crippen LogP contribution is -2.05. The smallest absolute Gasteiger partial charge is 0.313 e. The average molecular weight is 136 g/mol. The van der Waals surface area contributed by atoms with E-state index in [0.717, 1.165) is 6.42 Å². The summed E-state index contributed by atoms with van der Waals surface area (Å²) in [5.41, 5.74) is 0. The molecule has 0 spiro atoms. The molecule has 2 nitrogen and oxygen atoms in total. The zero-order valence-electron chi connectivity index (χ0n) is 5.49. The van der Waals surface area contributed by atoms with Crippen LogP contribution in [0.3, 0.4) is 0 Å². The number of carbonyl (C=O) groups is 1. The van der Waals surface area contributed by atoms with Crippen LogP contribution in [0.2, 0.25) is 0 Å². The fraction of sp³-hybridized carbons (Fsp3) is 0.375. The van der Waals surface area contributed by atoms with Gasteiger partial charge < -0.3 is 4.74 Å². The van der Waals surface area contributed by atoms with E-state index >= 15 is 0 Å². The van der Waals surface area contributed by atoms with E-state index in [1.54, 1.807) is 0 Å². The SMILES string of the molecule is O=C1OC2C=CC=CC1C2. The highest BCUT2D eigenvalue weighted by Crippen LogP contribution is 2.24. The first kappa shape index (κ1) is 5.71. The molecule has 52 valence electrons. The van der Waals surface area contributed by atoms with Gasteiger partial charge in [0.05, 0.1) is 5.92 Å². The van der Waals surface area contributed by atoms with Gasteiger partial charge in [0.15, 0.2) is 0 Å². The van der Waals surface area contributed by atoms with E-state index in [0.29, 0.717) is 0 Å². The summed E-state index contributed by atoms with van der Waals surface area (Å²) in [6.45, 7) is 0. The zero-order valence-corrected chi connectivity index (χ0v) is 5.49. The third-order valence-electron chi connectivity index (χ3n) is 1.84. The van der Waals surface area contributed by atoms with Gasteiger partial charge in [-0.25, -0.2) is 0 Å². The summed E-state index contributed by atoms with van der Waals surface area (Å²) in [5, 5.41) is 0. The van der Waals surface area contributed by atoms with Crippen molar-refractivity contribution < 1.29 is 9.53 Å². The number of carbonyl (C=O) groups excluding carboxylic acids is 1. The van der Waals surface area contributed by atoms with E-state index in [1.807, 2.05) is 24.3 Å². The second-order valence-electron chi connectivity index (χ2n) is 2.59. The Morgan fingerprint density at radius 2 is 2.20 bits per heavy atom. The van der Waals surface area contributed by atoms with Crippen molar-refractivity contribution in [2.45, 2.75) is 12.5 Å². The number of esters is 1. The summed E-state index contributed by atoms with van der Waals surface area (Å²) in [4.78, 5) is 10.9. The van der Waals surface area contributed by atoms with Crippen molar-refractivity contribution in [2.24, 2.45) is 5.92 Å². The van der Waals surface area contributed by atoms with E-state index < -0.39 is 0 Å². The van der Waals surface area contributed by atoms with E-state index in [4.69, 9.17) is 4.74 Å². The van der Waals surface area contributed by atoms with Crippen LogP contribution in [0.15, 0.2) is 24.3 Å². The van der Waals surface area contributed by atoms with Crippen LogP contribution in [0, 0.1) is 5.92 Å². The van der Waals surface area contributed by atoms with E-state index in [-0.39, 0.29) is 18.0 Å². The molecule has 1 aliphatic carbocycles. The Kier molecular flexibility index (Phi) is 1.13. The molecular weight excluding hydrogens is 128 g/mol. The molecule has 0 saturated carbocycles. The highest BCUT2D eigenvalue weighted by atomic mass is 16.5. The van der Waals surface area contributed by atoms with Crippen molar-refractivity contribution in [1.82, 2.24) is 0 Å². The number of hydrogen-bond donors (Lipinski definition) is 0. The normalized spacial score (nSPS) is 35.8. The highest BCUT2D eigenvalue weighted by molar-refractivity contribution is 5.77. The Morgan fingerprint density at radius 3 is 3.10 bits per heavy atom. The van der Waals surface area contributed by atoms with Crippen LogP contribution in [0.4, 0.5) is 0 Å². The van der Waals surface area contributed by atoms with Crippen LogP contribution in [-0.4, -0.2) is 12.1 Å². The average Bonchev–Trinajstić information content (AvgIpc) is 2.18. The van der Waals surface area contributed by atoms with Gasteiger partial charge >= 0.3 is 5.97 Å². The number of fused-ring (bicyclic) bond motifs is 2. The van der Waals surface area contributed by atoms with Crippen LogP contribution >= 0.6 is 0 Å². The zero-order chi connectivity index (χ0) is 6.97. The van der Waals surface area contributed by atoms with E-state index in [1.165, 1.54) is 0 Å². The summed E-state index contributed by atoms with van der Waals surface area (Å²) in [5.74, 6) is -0.0643. The molecule has 0 amide bonds. The minimum Gasteiger partial charge on any atom is -0.458 e. The molecule has 1 aliphatic heterocycles. The molecule has 0 aromatic carbocycles. The second-order valence-corrected chi connectivity index (χ2v) is 2.59. The molecule has 1 fully saturated rings. The van der Waals surface area contributed by atoms with Gasteiger partial charge in [-0.15, -0.1) is 0 Å². The number of hydrogen-bond acceptors (Lipinski definition) is 2. The predicted octanol–water partition coefficient (Wildman–Crippen LogP) is 1.04. The summed E-state index contributed by atoms with van der Waals surface area (Å²) in [6, 6.07) is 0. The quantitative estimate of drug-likeness (QED) is 0.465. The van der Waals surface area contributed by atoms with Crippen molar-refractivity contribution in [2.75, 3.05) is 0 Å². The maximum Gasteiger partial charge on any atom is 0.313 e. The molecule has 2 aliphatic rings. The third-order valence-corrected chi connectivity index (χ3v) is 1.84. The molecule has 2 atom stereocenters. The largest absolute Gasteiger partial charge is 0.458 e. The Bertz CT molecular complexity index is 215. The lowest BCUT2D eigenvalue weighted by atomic mass is 10.1. The second kappa shape index (κ2) is 1.97. The lowest BCUT2D eigenvalue weighted by Gasteiger charge is -1.99. The number of rotatable bonds is 0. The molecule has 1 heterocycles. The minimum atomic E-state index is -0.0781. The number of ether oxygens (including phenoxy) is 1. The number of allylic oxidation sites excluding steroid dienone is 2. The predicted molar refractivity (Wildman–Crippen MR) is 36.3 cm³/mol. The first-order valence-electron chi connectivity index (χ1n) is 3.42.